The number of likely N-dealkylation sites (tertiary alicyclic amines) is 1. The lowest BCUT2D eigenvalue weighted by Gasteiger charge is -2.34. The van der Waals surface area contributed by atoms with Gasteiger partial charge >= 0.3 is 0 Å². The summed E-state index contributed by atoms with van der Waals surface area (Å²) >= 11 is 0. The molecule has 1 fully saturated rings. The molecule has 0 spiro atoms. The topological polar surface area (TPSA) is 115 Å². The van der Waals surface area contributed by atoms with Crippen molar-refractivity contribution in [3.63, 3.8) is 0 Å². The highest BCUT2D eigenvalue weighted by Gasteiger charge is 2.30. The molecule has 10 heteroatoms. The first-order valence-electron chi connectivity index (χ1n) is 12.5. The molecule has 0 saturated carbocycles. The van der Waals surface area contributed by atoms with Crippen molar-refractivity contribution in [3.8, 4) is 17.1 Å². The fraction of sp³-hybridized carbons (Fsp3) is 0.286. The number of halogens is 1. The van der Waals surface area contributed by atoms with Crippen LogP contribution in [0.15, 0.2) is 54.7 Å². The second-order valence-electron chi connectivity index (χ2n) is 9.29. The minimum Gasteiger partial charge on any atom is -0.496 e. The number of imidazole rings is 1. The van der Waals surface area contributed by atoms with Gasteiger partial charge in [-0.15, -0.1) is 0 Å². The van der Waals surface area contributed by atoms with E-state index in [1.165, 1.54) is 19.2 Å². The normalized spacial score (nSPS) is 15.4. The number of methoxy groups -OCH3 is 1. The zero-order valence-corrected chi connectivity index (χ0v) is 21.3. The van der Waals surface area contributed by atoms with Gasteiger partial charge in [-0.05, 0) is 49.1 Å². The number of fused-ring (bicyclic) bond motifs is 1. The predicted molar refractivity (Wildman–Crippen MR) is 141 cm³/mol. The first kappa shape index (κ1) is 25.2. The number of anilines is 1. The average Bonchev–Trinajstić information content (AvgIpc) is 3.33. The number of hydrogen-bond donors (Lipinski definition) is 2. The second kappa shape index (κ2) is 10.5. The Morgan fingerprint density at radius 1 is 1.16 bits per heavy atom. The first-order valence-corrected chi connectivity index (χ1v) is 12.5. The molecule has 2 amide bonds. The van der Waals surface area contributed by atoms with Crippen molar-refractivity contribution in [2.24, 2.45) is 0 Å². The number of nitrogen functional groups attached to an aromatic ring is 1. The van der Waals surface area contributed by atoms with Crippen LogP contribution in [0.1, 0.15) is 53.8 Å². The van der Waals surface area contributed by atoms with Gasteiger partial charge < -0.3 is 20.7 Å². The molecule has 3 N–H and O–H groups in total. The fourth-order valence-electron chi connectivity index (χ4n) is 5.02. The molecule has 9 nitrogen and oxygen atoms in total. The van der Waals surface area contributed by atoms with Crippen molar-refractivity contribution in [1.29, 1.82) is 0 Å². The largest absolute Gasteiger partial charge is 0.496 e. The highest BCUT2D eigenvalue weighted by atomic mass is 19.1. The Bertz CT molecular complexity index is 1500. The van der Waals surface area contributed by atoms with Crippen LogP contribution in [0.25, 0.3) is 16.9 Å². The van der Waals surface area contributed by atoms with Gasteiger partial charge in [-0.25, -0.2) is 14.4 Å². The number of carbonyl (C=O) groups excluding carboxylic acids is 2. The Morgan fingerprint density at radius 3 is 2.68 bits per heavy atom. The second-order valence-corrected chi connectivity index (χ2v) is 9.29. The zero-order chi connectivity index (χ0) is 26.8. The van der Waals surface area contributed by atoms with Crippen LogP contribution < -0.4 is 15.8 Å². The Balaban J connectivity index is 1.41. The van der Waals surface area contributed by atoms with Crippen molar-refractivity contribution >= 4 is 23.3 Å². The molecule has 1 aliphatic rings. The van der Waals surface area contributed by atoms with Crippen molar-refractivity contribution in [2.75, 3.05) is 19.4 Å². The molecule has 2 aromatic heterocycles. The third-order valence-corrected chi connectivity index (χ3v) is 6.90. The Labute approximate surface area is 219 Å². The molecule has 0 radical (unpaired) electrons. The number of nitrogens with one attached hydrogen (secondary N) is 1. The number of rotatable bonds is 6. The van der Waals surface area contributed by atoms with Gasteiger partial charge in [0.15, 0.2) is 0 Å². The third kappa shape index (κ3) is 4.77. The average molecular weight is 517 g/mol. The molecule has 0 aliphatic carbocycles. The van der Waals surface area contributed by atoms with Crippen LogP contribution in [-0.2, 0) is 11.3 Å². The van der Waals surface area contributed by atoms with Gasteiger partial charge in [0.05, 0.1) is 29.9 Å². The van der Waals surface area contributed by atoms with E-state index in [1.807, 2.05) is 39.6 Å². The van der Waals surface area contributed by atoms with Gasteiger partial charge in [0, 0.05) is 31.8 Å². The van der Waals surface area contributed by atoms with Gasteiger partial charge in [-0.1, -0.05) is 24.3 Å². The highest BCUT2D eigenvalue weighted by Crippen LogP contribution is 2.36. The molecule has 2 aromatic carbocycles. The number of nitrogens with two attached hydrogens (primary N) is 1. The minimum atomic E-state index is -0.514. The summed E-state index contributed by atoms with van der Waals surface area (Å²) in [7, 11) is 1.43. The quantitative estimate of drug-likeness (QED) is 0.398. The summed E-state index contributed by atoms with van der Waals surface area (Å²) in [6, 6.07) is 13.1. The van der Waals surface area contributed by atoms with Crippen LogP contribution in [0, 0.1) is 5.82 Å². The van der Waals surface area contributed by atoms with Gasteiger partial charge in [0.2, 0.25) is 11.9 Å². The van der Waals surface area contributed by atoms with E-state index in [2.05, 4.69) is 10.3 Å². The van der Waals surface area contributed by atoms with E-state index in [4.69, 9.17) is 15.5 Å². The summed E-state index contributed by atoms with van der Waals surface area (Å²) in [5, 5.41) is 2.80. The minimum absolute atomic E-state index is 0.0293. The Morgan fingerprint density at radius 2 is 1.95 bits per heavy atom. The van der Waals surface area contributed by atoms with Crippen LogP contribution in [0.2, 0.25) is 0 Å². The smallest absolute Gasteiger partial charge is 0.255 e. The molecule has 5 rings (SSSR count). The van der Waals surface area contributed by atoms with Crippen molar-refractivity contribution in [1.82, 2.24) is 24.6 Å². The third-order valence-electron chi connectivity index (χ3n) is 6.90. The molecule has 1 aliphatic heterocycles. The monoisotopic (exact) mass is 516 g/mol. The van der Waals surface area contributed by atoms with Gasteiger partial charge in [0.25, 0.3) is 5.91 Å². The number of piperidine rings is 1. The molecule has 38 heavy (non-hydrogen) atoms. The van der Waals surface area contributed by atoms with Crippen LogP contribution in [0.3, 0.4) is 0 Å². The van der Waals surface area contributed by atoms with Crippen LogP contribution in [0.5, 0.6) is 5.75 Å². The number of amides is 2. The Hall–Kier alpha value is -4.47. The summed E-state index contributed by atoms with van der Waals surface area (Å²) in [6.07, 6.45) is 4.48. The summed E-state index contributed by atoms with van der Waals surface area (Å²) in [6.45, 7) is 2.54. The molecular weight excluding hydrogens is 487 g/mol. The molecule has 1 saturated heterocycles. The number of aromatic nitrogens is 3. The number of ether oxygens (including phenoxy) is 1. The molecular formula is C28H29FN6O3. The number of nitrogens with zero attached hydrogens (tertiary/aromatic N) is 4. The lowest BCUT2D eigenvalue weighted by atomic mass is 9.98. The van der Waals surface area contributed by atoms with Crippen LogP contribution in [-0.4, -0.2) is 44.7 Å². The van der Waals surface area contributed by atoms with E-state index in [0.29, 0.717) is 24.1 Å². The summed E-state index contributed by atoms with van der Waals surface area (Å²) < 4.78 is 20.6. The summed E-state index contributed by atoms with van der Waals surface area (Å²) in [5.74, 6) is 0.322. The maximum Gasteiger partial charge on any atom is 0.255 e. The Kier molecular flexibility index (Phi) is 6.95. The van der Waals surface area contributed by atoms with E-state index in [9.17, 15) is 14.0 Å². The maximum absolute atomic E-state index is 13.7. The van der Waals surface area contributed by atoms with Crippen LogP contribution in [0.4, 0.5) is 10.3 Å². The van der Waals surface area contributed by atoms with E-state index in [-0.39, 0.29) is 24.1 Å². The predicted octanol–water partition coefficient (Wildman–Crippen LogP) is 4.13. The molecule has 0 bridgehead atoms. The SMILES string of the molecule is COc1ccc(F)cc1C(=O)NCc1ccc(-c2nc(C3CCCCN3C(C)=O)c3ccnc(N)n23)cc1. The highest BCUT2D eigenvalue weighted by molar-refractivity contribution is 5.96. The molecule has 3 heterocycles. The molecule has 196 valence electrons. The standard InChI is InChI=1S/C28H29FN6O3/c1-17(36)34-14-4-3-5-22(34)25-23-12-13-31-28(30)35(23)26(33-25)19-8-6-18(7-9-19)16-32-27(37)21-15-20(29)10-11-24(21)38-2/h6-13,15,22H,3-5,14,16H2,1-2H3,(H2,30,31)(H,32,37). The van der Waals surface area contributed by atoms with Gasteiger partial charge in [-0.3, -0.25) is 14.0 Å². The van der Waals surface area contributed by atoms with E-state index < -0.39 is 11.7 Å². The van der Waals surface area contributed by atoms with Crippen molar-refractivity contribution in [2.45, 2.75) is 38.8 Å². The molecule has 4 aromatic rings. The van der Waals surface area contributed by atoms with Gasteiger partial charge in [0.1, 0.15) is 17.4 Å². The maximum atomic E-state index is 13.7. The summed E-state index contributed by atoms with van der Waals surface area (Å²) in [4.78, 5) is 36.1. The molecule has 1 unspecified atom stereocenters. The number of hydrogen-bond acceptors (Lipinski definition) is 6. The van der Waals surface area contributed by atoms with Crippen molar-refractivity contribution < 1.29 is 18.7 Å². The summed E-state index contributed by atoms with van der Waals surface area (Å²) in [5.41, 5.74) is 9.71. The van der Waals surface area contributed by atoms with E-state index in [1.54, 1.807) is 13.1 Å². The lowest BCUT2D eigenvalue weighted by molar-refractivity contribution is -0.132. The number of carbonyl (C=O) groups is 2. The zero-order valence-electron chi connectivity index (χ0n) is 21.3. The van der Waals surface area contributed by atoms with E-state index >= 15 is 0 Å². The van der Waals surface area contributed by atoms with E-state index in [0.717, 1.165) is 47.7 Å². The lowest BCUT2D eigenvalue weighted by Crippen LogP contribution is -2.37. The number of benzene rings is 2. The fourth-order valence-corrected chi connectivity index (χ4v) is 5.02. The van der Waals surface area contributed by atoms with Crippen molar-refractivity contribution in [3.05, 3.63) is 77.4 Å². The van der Waals surface area contributed by atoms with Gasteiger partial charge in [-0.2, -0.15) is 0 Å². The van der Waals surface area contributed by atoms with Crippen LogP contribution >= 0.6 is 0 Å². The molecule has 1 atom stereocenters. The first-order chi connectivity index (χ1) is 18.4.